The topological polar surface area (TPSA) is 52.7 Å². The maximum absolute atomic E-state index is 13.3. The molecule has 0 aliphatic carbocycles. The second-order valence-electron chi connectivity index (χ2n) is 8.29. The fourth-order valence-electron chi connectivity index (χ4n) is 4.39. The fraction of sp³-hybridized carbons (Fsp3) is 0.652. The van der Waals surface area contributed by atoms with Crippen LogP contribution in [0.25, 0.3) is 0 Å². The zero-order chi connectivity index (χ0) is 20.6. The van der Waals surface area contributed by atoms with Gasteiger partial charge in [-0.25, -0.2) is 0 Å². The molecule has 2 atom stereocenters. The summed E-state index contributed by atoms with van der Waals surface area (Å²) in [4.78, 5) is 29.4. The van der Waals surface area contributed by atoms with E-state index in [2.05, 4.69) is 17.4 Å². The number of carbonyl (C=O) groups is 2. The lowest BCUT2D eigenvalue weighted by molar-refractivity contribution is -0.138. The maximum Gasteiger partial charge on any atom is 0.227 e. The van der Waals surface area contributed by atoms with Crippen LogP contribution in [0.5, 0.6) is 0 Å². The van der Waals surface area contributed by atoms with Crippen LogP contribution in [-0.4, -0.2) is 64.8 Å². The largest absolute Gasteiger partial charge is 0.341 e. The van der Waals surface area contributed by atoms with Crippen LogP contribution in [0.15, 0.2) is 30.3 Å². The van der Waals surface area contributed by atoms with Gasteiger partial charge in [-0.3, -0.25) is 9.59 Å². The predicted molar refractivity (Wildman–Crippen MR) is 120 cm³/mol. The van der Waals surface area contributed by atoms with Gasteiger partial charge in [0.15, 0.2) is 0 Å². The number of hydrogen-bond acceptors (Lipinski definition) is 4. The first-order chi connectivity index (χ1) is 14.1. The van der Waals surface area contributed by atoms with Crippen molar-refractivity contribution in [2.24, 2.45) is 5.92 Å². The van der Waals surface area contributed by atoms with Gasteiger partial charge >= 0.3 is 0 Å². The predicted octanol–water partition coefficient (Wildman–Crippen LogP) is 3.15. The molecule has 0 unspecified atom stereocenters. The van der Waals surface area contributed by atoms with Gasteiger partial charge in [0.25, 0.3) is 0 Å². The zero-order valence-electron chi connectivity index (χ0n) is 17.8. The molecule has 0 spiro atoms. The Morgan fingerprint density at radius 2 is 1.79 bits per heavy atom. The molecule has 2 amide bonds. The van der Waals surface area contributed by atoms with Crippen molar-refractivity contribution in [3.63, 3.8) is 0 Å². The Bertz CT molecular complexity index is 663. The second-order valence-corrected chi connectivity index (χ2v) is 9.51. The van der Waals surface area contributed by atoms with Gasteiger partial charge in [-0.1, -0.05) is 30.3 Å². The van der Waals surface area contributed by atoms with Crippen LogP contribution in [-0.2, 0) is 16.1 Å². The van der Waals surface area contributed by atoms with Gasteiger partial charge in [-0.15, -0.1) is 0 Å². The molecule has 5 nitrogen and oxygen atoms in total. The third-order valence-electron chi connectivity index (χ3n) is 6.14. The summed E-state index contributed by atoms with van der Waals surface area (Å²) >= 11 is 2.03. The molecular formula is C23H35N3O2S. The lowest BCUT2D eigenvalue weighted by Gasteiger charge is -2.30. The van der Waals surface area contributed by atoms with Crippen molar-refractivity contribution in [1.29, 1.82) is 0 Å². The first kappa shape index (κ1) is 22.2. The number of nitrogens with zero attached hydrogens (tertiary/aromatic N) is 2. The van der Waals surface area contributed by atoms with Gasteiger partial charge in [0.1, 0.15) is 0 Å². The molecule has 2 heterocycles. The smallest absolute Gasteiger partial charge is 0.227 e. The molecule has 1 N–H and O–H groups in total. The first-order valence-electron chi connectivity index (χ1n) is 11.0. The van der Waals surface area contributed by atoms with Crippen LogP contribution in [0.3, 0.4) is 0 Å². The molecule has 1 aromatic rings. The van der Waals surface area contributed by atoms with E-state index >= 15 is 0 Å². The van der Waals surface area contributed by atoms with Crippen LogP contribution in [0.2, 0.25) is 0 Å². The van der Waals surface area contributed by atoms with Crippen LogP contribution in [0, 0.1) is 5.92 Å². The monoisotopic (exact) mass is 417 g/mol. The highest BCUT2D eigenvalue weighted by Crippen LogP contribution is 2.23. The third-order valence-corrected chi connectivity index (χ3v) is 7.19. The SMILES string of the molecule is CCN(Cc1ccccc1)C(=O)[C@@H]1CC[C@H](NC2CCSCC2)CN(C(C)=O)C1. The molecule has 0 radical (unpaired) electrons. The van der Waals surface area contributed by atoms with Crippen molar-refractivity contribution < 1.29 is 9.59 Å². The van der Waals surface area contributed by atoms with Crippen molar-refractivity contribution in [3.05, 3.63) is 35.9 Å². The van der Waals surface area contributed by atoms with Gasteiger partial charge < -0.3 is 15.1 Å². The molecule has 6 heteroatoms. The zero-order valence-corrected chi connectivity index (χ0v) is 18.6. The maximum atomic E-state index is 13.3. The molecule has 2 saturated heterocycles. The Hall–Kier alpha value is -1.53. The van der Waals surface area contributed by atoms with Crippen LogP contribution in [0.4, 0.5) is 0 Å². The summed E-state index contributed by atoms with van der Waals surface area (Å²) in [6.07, 6.45) is 4.19. The third kappa shape index (κ3) is 6.48. The van der Waals surface area contributed by atoms with Gasteiger partial charge in [-0.2, -0.15) is 11.8 Å². The van der Waals surface area contributed by atoms with Crippen LogP contribution in [0.1, 0.15) is 45.1 Å². The van der Waals surface area contributed by atoms with Crippen molar-refractivity contribution in [1.82, 2.24) is 15.1 Å². The summed E-state index contributed by atoms with van der Waals surface area (Å²) in [6, 6.07) is 11.0. The van der Waals surface area contributed by atoms with E-state index in [0.717, 1.165) is 18.4 Å². The highest BCUT2D eigenvalue weighted by atomic mass is 32.2. The number of likely N-dealkylation sites (tertiary alicyclic amines) is 1. The minimum atomic E-state index is -0.115. The average molecular weight is 418 g/mol. The van der Waals surface area contributed by atoms with Crippen LogP contribution < -0.4 is 5.32 Å². The van der Waals surface area contributed by atoms with E-state index < -0.39 is 0 Å². The molecule has 2 aliphatic heterocycles. The normalized spacial score (nSPS) is 23.4. The molecule has 0 bridgehead atoms. The van der Waals surface area contributed by atoms with Crippen molar-refractivity contribution in [2.45, 2.75) is 58.2 Å². The summed E-state index contributed by atoms with van der Waals surface area (Å²) in [5.74, 6) is 2.56. The number of nitrogens with one attached hydrogen (secondary N) is 1. The molecule has 3 rings (SSSR count). The number of carbonyl (C=O) groups excluding carboxylic acids is 2. The van der Waals surface area contributed by atoms with Crippen molar-refractivity contribution >= 4 is 23.6 Å². The number of rotatable bonds is 6. The number of amides is 2. The summed E-state index contributed by atoms with van der Waals surface area (Å²) in [5.41, 5.74) is 1.15. The lowest BCUT2D eigenvalue weighted by atomic mass is 9.99. The van der Waals surface area contributed by atoms with E-state index in [1.807, 2.05) is 46.7 Å². The quantitative estimate of drug-likeness (QED) is 0.773. The molecule has 160 valence electrons. The van der Waals surface area contributed by atoms with E-state index in [0.29, 0.717) is 32.2 Å². The highest BCUT2D eigenvalue weighted by molar-refractivity contribution is 7.99. The molecule has 1 aromatic carbocycles. The molecule has 2 fully saturated rings. The van der Waals surface area contributed by atoms with Gasteiger partial charge in [0, 0.05) is 45.2 Å². The Labute approximate surface area is 179 Å². The number of benzene rings is 1. The van der Waals surface area contributed by atoms with Gasteiger partial charge in [0.2, 0.25) is 11.8 Å². The first-order valence-corrected chi connectivity index (χ1v) is 12.1. The summed E-state index contributed by atoms with van der Waals surface area (Å²) in [7, 11) is 0. The van der Waals surface area contributed by atoms with E-state index in [1.165, 1.54) is 24.3 Å². The average Bonchev–Trinajstić information content (AvgIpc) is 2.96. The minimum Gasteiger partial charge on any atom is -0.341 e. The van der Waals surface area contributed by atoms with E-state index in [1.54, 1.807) is 6.92 Å². The Kier molecular flexibility index (Phi) is 8.42. The summed E-state index contributed by atoms with van der Waals surface area (Å²) in [5, 5.41) is 3.79. The summed E-state index contributed by atoms with van der Waals surface area (Å²) < 4.78 is 0. The molecule has 2 aliphatic rings. The van der Waals surface area contributed by atoms with Gasteiger partial charge in [-0.05, 0) is 49.7 Å². The number of thioether (sulfide) groups is 1. The van der Waals surface area contributed by atoms with E-state index in [4.69, 9.17) is 0 Å². The standard InChI is InChI=1S/C23H35N3O2S/c1-3-25(15-19-7-5-4-6-8-19)23(28)20-9-10-22(17-26(16-20)18(2)27)24-21-11-13-29-14-12-21/h4-8,20-22,24H,3,9-17H2,1-2H3/t20-,22+/m1/s1. The summed E-state index contributed by atoms with van der Waals surface area (Å²) in [6.45, 7) is 6.24. The fourth-order valence-corrected chi connectivity index (χ4v) is 5.50. The minimum absolute atomic E-state index is 0.0711. The lowest BCUT2D eigenvalue weighted by Crippen LogP contribution is -2.47. The second kappa shape index (κ2) is 11.0. The number of hydrogen-bond donors (Lipinski definition) is 1. The Morgan fingerprint density at radius 3 is 2.45 bits per heavy atom. The van der Waals surface area contributed by atoms with Crippen LogP contribution >= 0.6 is 11.8 Å². The Morgan fingerprint density at radius 1 is 1.07 bits per heavy atom. The van der Waals surface area contributed by atoms with E-state index in [-0.39, 0.29) is 23.8 Å². The van der Waals surface area contributed by atoms with E-state index in [9.17, 15) is 9.59 Å². The van der Waals surface area contributed by atoms with Crippen molar-refractivity contribution in [2.75, 3.05) is 31.1 Å². The molecule has 0 saturated carbocycles. The Balaban J connectivity index is 1.64. The highest BCUT2D eigenvalue weighted by Gasteiger charge is 2.32. The molecule has 0 aromatic heterocycles. The van der Waals surface area contributed by atoms with Crippen molar-refractivity contribution in [3.8, 4) is 0 Å². The molecular weight excluding hydrogens is 382 g/mol. The molecule has 29 heavy (non-hydrogen) atoms. The van der Waals surface area contributed by atoms with Gasteiger partial charge in [0.05, 0.1) is 5.92 Å².